The van der Waals surface area contributed by atoms with Gasteiger partial charge in [0.25, 0.3) is 0 Å². The van der Waals surface area contributed by atoms with Crippen LogP contribution in [0, 0.1) is 17.8 Å². The summed E-state index contributed by atoms with van der Waals surface area (Å²) in [7, 11) is 0. The zero-order valence-corrected chi connectivity index (χ0v) is 21.3. The Hall–Kier alpha value is -2.84. The third kappa shape index (κ3) is 5.93. The van der Waals surface area contributed by atoms with Crippen LogP contribution in [0.5, 0.6) is 0 Å². The second kappa shape index (κ2) is 9.90. The molecule has 3 atom stereocenters. The molecule has 4 rings (SSSR count). The first-order valence-electron chi connectivity index (χ1n) is 12.5. The van der Waals surface area contributed by atoms with Gasteiger partial charge in [0.1, 0.15) is 11.4 Å². The number of aromatic nitrogens is 1. The molecule has 2 aliphatic rings. The number of alkyl halides is 3. The van der Waals surface area contributed by atoms with Crippen molar-refractivity contribution >= 4 is 28.5 Å². The predicted octanol–water partition coefficient (Wildman–Crippen LogP) is 5.93. The summed E-state index contributed by atoms with van der Waals surface area (Å²) < 4.78 is 46.1. The van der Waals surface area contributed by atoms with Crippen LogP contribution >= 0.6 is 0 Å². The van der Waals surface area contributed by atoms with Crippen molar-refractivity contribution in [3.8, 4) is 0 Å². The summed E-state index contributed by atoms with van der Waals surface area (Å²) >= 11 is 0. The maximum Gasteiger partial charge on any atom is 0.418 e. The van der Waals surface area contributed by atoms with Crippen LogP contribution in [0.2, 0.25) is 0 Å². The Morgan fingerprint density at radius 1 is 1.11 bits per heavy atom. The molecule has 0 unspecified atom stereocenters. The lowest BCUT2D eigenvalue weighted by atomic mass is 9.84. The minimum Gasteiger partial charge on any atom is -0.444 e. The minimum atomic E-state index is -4.48. The fourth-order valence-electron chi connectivity index (χ4n) is 5.45. The molecule has 2 aromatic rings. The number of likely N-dealkylation sites (tertiary alicyclic amines) is 1. The molecule has 0 N–H and O–H groups in total. The summed E-state index contributed by atoms with van der Waals surface area (Å²) in [5, 5.41) is 0.468. The summed E-state index contributed by atoms with van der Waals surface area (Å²) in [4.78, 5) is 33.3. The fraction of sp³-hybridized carbons (Fsp3) is 0.593. The summed E-state index contributed by atoms with van der Waals surface area (Å²) in [6, 6.07) is 5.96. The first-order valence-corrected chi connectivity index (χ1v) is 12.5. The molecule has 6 nitrogen and oxygen atoms in total. The van der Waals surface area contributed by atoms with E-state index in [-0.39, 0.29) is 29.1 Å². The van der Waals surface area contributed by atoms with Crippen molar-refractivity contribution in [3.05, 3.63) is 36.0 Å². The van der Waals surface area contributed by atoms with Gasteiger partial charge in [0.15, 0.2) is 0 Å². The zero-order valence-electron chi connectivity index (χ0n) is 21.3. The topological polar surface area (TPSA) is 62.7 Å². The third-order valence-electron chi connectivity index (χ3n) is 6.92. The van der Waals surface area contributed by atoms with Gasteiger partial charge in [0.2, 0.25) is 0 Å². The van der Waals surface area contributed by atoms with E-state index in [0.29, 0.717) is 50.1 Å². The number of amides is 1. The van der Waals surface area contributed by atoms with E-state index in [9.17, 15) is 22.8 Å². The number of ketones is 1. The molecular weight excluding hydrogens is 471 g/mol. The number of pyridine rings is 1. The van der Waals surface area contributed by atoms with E-state index in [1.165, 1.54) is 12.3 Å². The van der Waals surface area contributed by atoms with Gasteiger partial charge in [-0.25, -0.2) is 4.79 Å². The molecule has 2 fully saturated rings. The van der Waals surface area contributed by atoms with E-state index in [1.54, 1.807) is 17.0 Å². The first kappa shape index (κ1) is 26.2. The number of nitrogens with zero attached hydrogens (tertiary/aromatic N) is 3. The van der Waals surface area contributed by atoms with Gasteiger partial charge in [-0.3, -0.25) is 9.78 Å². The molecule has 0 bridgehead atoms. The third-order valence-corrected chi connectivity index (χ3v) is 6.92. The number of piperidine rings is 1. The second-order valence-electron chi connectivity index (χ2n) is 11.2. The fourth-order valence-corrected chi connectivity index (χ4v) is 5.45. The molecule has 196 valence electrons. The molecule has 0 aliphatic carbocycles. The van der Waals surface area contributed by atoms with Gasteiger partial charge in [-0.1, -0.05) is 6.92 Å². The van der Waals surface area contributed by atoms with Crippen molar-refractivity contribution in [2.24, 2.45) is 17.8 Å². The molecule has 0 saturated carbocycles. The van der Waals surface area contributed by atoms with E-state index < -0.39 is 23.4 Å². The highest BCUT2D eigenvalue weighted by molar-refractivity contribution is 5.94. The molecular formula is C27H34F3N3O3. The number of anilines is 1. The van der Waals surface area contributed by atoms with Crippen molar-refractivity contribution in [3.63, 3.8) is 0 Å². The van der Waals surface area contributed by atoms with Crippen LogP contribution < -0.4 is 4.90 Å². The first-order chi connectivity index (χ1) is 16.8. The number of hydrogen-bond acceptors (Lipinski definition) is 5. The lowest BCUT2D eigenvalue weighted by Gasteiger charge is -2.38. The zero-order chi connectivity index (χ0) is 26.3. The molecule has 2 saturated heterocycles. The average molecular weight is 506 g/mol. The lowest BCUT2D eigenvalue weighted by Crippen LogP contribution is -2.41. The number of hydrogen-bond donors (Lipinski definition) is 0. The van der Waals surface area contributed by atoms with Gasteiger partial charge < -0.3 is 14.5 Å². The Bertz CT molecular complexity index is 1130. The maximum atomic E-state index is 13.5. The van der Waals surface area contributed by atoms with Crippen LogP contribution in [0.25, 0.3) is 10.9 Å². The molecule has 36 heavy (non-hydrogen) atoms. The molecule has 0 radical (unpaired) electrons. The van der Waals surface area contributed by atoms with Crippen molar-refractivity contribution in [2.75, 3.05) is 31.1 Å². The Morgan fingerprint density at radius 3 is 2.56 bits per heavy atom. The quantitative estimate of drug-likeness (QED) is 0.515. The van der Waals surface area contributed by atoms with Crippen LogP contribution in [0.3, 0.4) is 0 Å². The summed E-state index contributed by atoms with van der Waals surface area (Å²) in [5.74, 6) is 0.302. The van der Waals surface area contributed by atoms with Crippen LogP contribution in [0.1, 0.15) is 52.5 Å². The molecule has 9 heteroatoms. The van der Waals surface area contributed by atoms with Gasteiger partial charge >= 0.3 is 12.3 Å². The average Bonchev–Trinajstić information content (AvgIpc) is 3.27. The van der Waals surface area contributed by atoms with E-state index in [0.717, 1.165) is 12.5 Å². The number of rotatable bonds is 4. The Labute approximate surface area is 209 Å². The van der Waals surface area contributed by atoms with Gasteiger partial charge in [0.05, 0.1) is 11.1 Å². The molecule has 1 aromatic carbocycles. The summed E-state index contributed by atoms with van der Waals surface area (Å²) in [6.07, 6.45) is -1.60. The summed E-state index contributed by atoms with van der Waals surface area (Å²) in [5.41, 5.74) is -0.665. The molecule has 0 spiro atoms. The van der Waals surface area contributed by atoms with Gasteiger partial charge in [-0.15, -0.1) is 0 Å². The molecule has 1 amide bonds. The number of carbonyl (C=O) groups excluding carboxylic acids is 2. The number of Topliss-reactive ketones (excluding diaryl/α,β-unsaturated/α-hetero) is 1. The van der Waals surface area contributed by atoms with E-state index in [1.807, 2.05) is 20.8 Å². The molecule has 2 aliphatic heterocycles. The van der Waals surface area contributed by atoms with Crippen molar-refractivity contribution in [1.82, 2.24) is 9.88 Å². The predicted molar refractivity (Wildman–Crippen MR) is 132 cm³/mol. The van der Waals surface area contributed by atoms with Crippen molar-refractivity contribution < 1.29 is 27.5 Å². The molecule has 3 heterocycles. The monoisotopic (exact) mass is 505 g/mol. The number of halogens is 3. The summed E-state index contributed by atoms with van der Waals surface area (Å²) in [6.45, 7) is 9.72. The van der Waals surface area contributed by atoms with Crippen LogP contribution in [-0.2, 0) is 15.7 Å². The lowest BCUT2D eigenvalue weighted by molar-refractivity contribution is -0.136. The number of benzene rings is 1. The molecule has 1 aromatic heterocycles. The maximum absolute atomic E-state index is 13.5. The van der Waals surface area contributed by atoms with Gasteiger partial charge in [0, 0.05) is 55.8 Å². The standard InChI is InChI=1S/C27H34F3N3O3/c1-17-12-18(13-23(34)19-9-11-32(16-19)25(35)36-26(2,3)4)15-33(14-17)22-8-7-21(27(28,29)30)24-20(22)6-5-10-31-24/h5-8,10,17-19H,9,11-16H2,1-4H3/t17-,18-,19+/m0/s1. The normalized spacial score (nSPS) is 23.2. The van der Waals surface area contributed by atoms with Gasteiger partial charge in [-0.05, 0) is 69.7 Å². The highest BCUT2D eigenvalue weighted by Crippen LogP contribution is 2.39. The number of carbonyl (C=O) groups is 2. The highest BCUT2D eigenvalue weighted by atomic mass is 19.4. The van der Waals surface area contributed by atoms with Crippen LogP contribution in [0.15, 0.2) is 30.5 Å². The van der Waals surface area contributed by atoms with Gasteiger partial charge in [-0.2, -0.15) is 13.2 Å². The van der Waals surface area contributed by atoms with E-state index >= 15 is 0 Å². The Balaban J connectivity index is 1.46. The Morgan fingerprint density at radius 2 is 1.86 bits per heavy atom. The van der Waals surface area contributed by atoms with E-state index in [4.69, 9.17) is 4.74 Å². The van der Waals surface area contributed by atoms with Crippen molar-refractivity contribution in [1.29, 1.82) is 0 Å². The minimum absolute atomic E-state index is 0.0541. The number of fused-ring (bicyclic) bond motifs is 1. The van der Waals surface area contributed by atoms with E-state index in [2.05, 4.69) is 16.8 Å². The largest absolute Gasteiger partial charge is 0.444 e. The van der Waals surface area contributed by atoms with Crippen molar-refractivity contribution in [2.45, 2.75) is 58.7 Å². The smallest absolute Gasteiger partial charge is 0.418 e. The van der Waals surface area contributed by atoms with Crippen LogP contribution in [-0.4, -0.2) is 53.5 Å². The van der Waals surface area contributed by atoms with Crippen LogP contribution in [0.4, 0.5) is 23.7 Å². The number of ether oxygens (including phenoxy) is 1. The highest BCUT2D eigenvalue weighted by Gasteiger charge is 2.37. The SMILES string of the molecule is C[C@H]1C[C@@H](CC(=O)[C@@H]2CCN(C(=O)OC(C)(C)C)C2)CN(c2ccc(C(F)(F)F)c3ncccc23)C1. The second-order valence-corrected chi connectivity index (χ2v) is 11.2. The Kier molecular flexibility index (Phi) is 7.21.